The van der Waals surface area contributed by atoms with Crippen molar-refractivity contribution in [2.24, 2.45) is 4.99 Å². The van der Waals surface area contributed by atoms with E-state index in [9.17, 15) is 4.39 Å². The summed E-state index contributed by atoms with van der Waals surface area (Å²) in [5, 5.41) is 0. The van der Waals surface area contributed by atoms with E-state index in [1.54, 1.807) is 18.3 Å². The van der Waals surface area contributed by atoms with Gasteiger partial charge in [0.1, 0.15) is 5.82 Å². The van der Waals surface area contributed by atoms with Crippen LogP contribution in [0.3, 0.4) is 0 Å². The molecule has 0 atom stereocenters. The number of hydrogen-bond acceptors (Lipinski definition) is 1. The molecule has 0 saturated heterocycles. The van der Waals surface area contributed by atoms with Crippen molar-refractivity contribution in [1.82, 2.24) is 4.57 Å². The van der Waals surface area contributed by atoms with Gasteiger partial charge in [-0.15, -0.1) is 0 Å². The highest BCUT2D eigenvalue weighted by Crippen LogP contribution is 2.25. The van der Waals surface area contributed by atoms with Crippen LogP contribution in [0.25, 0.3) is 5.69 Å². The summed E-state index contributed by atoms with van der Waals surface area (Å²) >= 11 is 0. The molecule has 3 rings (SSSR count). The first kappa shape index (κ1) is 18.1. The van der Waals surface area contributed by atoms with Crippen LogP contribution in [0, 0.1) is 19.7 Å². The van der Waals surface area contributed by atoms with Crippen LogP contribution >= 0.6 is 0 Å². The maximum atomic E-state index is 13.3. The number of benzene rings is 2. The molecule has 3 heteroatoms. The highest BCUT2D eigenvalue weighted by atomic mass is 19.1. The summed E-state index contributed by atoms with van der Waals surface area (Å²) in [5.74, 6) is -0.274. The highest BCUT2D eigenvalue weighted by Gasteiger charge is 2.14. The molecule has 0 aliphatic heterocycles. The Labute approximate surface area is 155 Å². The molecule has 0 aliphatic carbocycles. The molecule has 2 nitrogen and oxygen atoms in total. The minimum absolute atomic E-state index is 0.141. The molecule has 0 aliphatic rings. The third-order valence-corrected chi connectivity index (χ3v) is 4.62. The number of rotatable bonds is 3. The molecule has 134 valence electrons. The number of aryl methyl sites for hydroxylation is 1. The Morgan fingerprint density at radius 1 is 0.962 bits per heavy atom. The number of aliphatic imine (C=N–C) groups is 1. The van der Waals surface area contributed by atoms with Crippen molar-refractivity contribution in [2.75, 3.05) is 0 Å². The topological polar surface area (TPSA) is 17.3 Å². The van der Waals surface area contributed by atoms with Crippen LogP contribution in [0.5, 0.6) is 0 Å². The first-order chi connectivity index (χ1) is 12.3. The maximum absolute atomic E-state index is 13.3. The van der Waals surface area contributed by atoms with Crippen LogP contribution in [0.1, 0.15) is 43.3 Å². The van der Waals surface area contributed by atoms with E-state index in [0.29, 0.717) is 5.69 Å². The Bertz CT molecular complexity index is 941. The van der Waals surface area contributed by atoms with E-state index in [-0.39, 0.29) is 11.2 Å². The van der Waals surface area contributed by atoms with Crippen molar-refractivity contribution in [1.29, 1.82) is 0 Å². The van der Waals surface area contributed by atoms with Crippen molar-refractivity contribution >= 4 is 11.9 Å². The lowest BCUT2D eigenvalue weighted by molar-refractivity contribution is 0.590. The van der Waals surface area contributed by atoms with Crippen molar-refractivity contribution in [3.05, 3.63) is 82.9 Å². The minimum Gasteiger partial charge on any atom is -0.318 e. The second-order valence-corrected chi connectivity index (χ2v) is 7.70. The fourth-order valence-corrected chi connectivity index (χ4v) is 3.13. The van der Waals surface area contributed by atoms with Gasteiger partial charge in [-0.1, -0.05) is 39.0 Å². The maximum Gasteiger partial charge on any atom is 0.125 e. The Morgan fingerprint density at radius 2 is 1.65 bits per heavy atom. The Morgan fingerprint density at radius 3 is 2.27 bits per heavy atom. The van der Waals surface area contributed by atoms with Crippen LogP contribution in [0.2, 0.25) is 0 Å². The first-order valence-electron chi connectivity index (χ1n) is 8.85. The zero-order valence-electron chi connectivity index (χ0n) is 16.0. The SMILES string of the molecule is Cc1cc(C=Nc2cccc(F)c2)c(C)n1-c1ccc(C(C)(C)C)cc1. The smallest absolute Gasteiger partial charge is 0.125 e. The third-order valence-electron chi connectivity index (χ3n) is 4.62. The molecule has 0 N–H and O–H groups in total. The van der Waals surface area contributed by atoms with Crippen molar-refractivity contribution in [2.45, 2.75) is 40.0 Å². The van der Waals surface area contributed by atoms with Gasteiger partial charge in [0, 0.05) is 28.9 Å². The van der Waals surface area contributed by atoms with Crippen molar-refractivity contribution in [3.8, 4) is 5.69 Å². The third kappa shape index (κ3) is 3.77. The Kier molecular flexibility index (Phi) is 4.82. The summed E-state index contributed by atoms with van der Waals surface area (Å²) in [4.78, 5) is 4.41. The van der Waals surface area contributed by atoms with Gasteiger partial charge in [0.15, 0.2) is 0 Å². The minimum atomic E-state index is -0.274. The predicted molar refractivity (Wildman–Crippen MR) is 108 cm³/mol. The highest BCUT2D eigenvalue weighted by molar-refractivity contribution is 5.84. The molecule has 2 aromatic carbocycles. The van der Waals surface area contributed by atoms with Crippen LogP contribution in [0.15, 0.2) is 59.6 Å². The molecular formula is C23H25FN2. The van der Waals surface area contributed by atoms with Gasteiger partial charge in [-0.2, -0.15) is 0 Å². The molecule has 3 aromatic rings. The van der Waals surface area contributed by atoms with Gasteiger partial charge < -0.3 is 4.57 Å². The largest absolute Gasteiger partial charge is 0.318 e. The summed E-state index contributed by atoms with van der Waals surface area (Å²) in [6.07, 6.45) is 1.80. The normalized spacial score (nSPS) is 12.1. The summed E-state index contributed by atoms with van der Waals surface area (Å²) in [7, 11) is 0. The summed E-state index contributed by atoms with van der Waals surface area (Å²) < 4.78 is 15.5. The van der Waals surface area contributed by atoms with Crippen LogP contribution in [-0.4, -0.2) is 10.8 Å². The zero-order valence-corrected chi connectivity index (χ0v) is 16.0. The number of halogens is 1. The van der Waals surface area contributed by atoms with Crippen LogP contribution < -0.4 is 0 Å². The van der Waals surface area contributed by atoms with Gasteiger partial charge in [-0.05, 0) is 61.2 Å². The Balaban J connectivity index is 1.93. The van der Waals surface area contributed by atoms with E-state index in [4.69, 9.17) is 0 Å². The van der Waals surface area contributed by atoms with Crippen molar-refractivity contribution in [3.63, 3.8) is 0 Å². The fraction of sp³-hybridized carbons (Fsp3) is 0.261. The second kappa shape index (κ2) is 6.91. The van der Waals surface area contributed by atoms with E-state index in [1.807, 2.05) is 0 Å². The van der Waals surface area contributed by atoms with E-state index in [2.05, 4.69) is 74.5 Å². The molecule has 0 saturated carbocycles. The van der Waals surface area contributed by atoms with Crippen LogP contribution in [-0.2, 0) is 5.41 Å². The quantitative estimate of drug-likeness (QED) is 0.496. The predicted octanol–water partition coefficient (Wildman–Crippen LogP) is 6.28. The molecule has 0 spiro atoms. The molecular weight excluding hydrogens is 323 g/mol. The van der Waals surface area contributed by atoms with E-state index in [1.165, 1.54) is 17.7 Å². The molecule has 0 amide bonds. The zero-order chi connectivity index (χ0) is 18.9. The summed E-state index contributed by atoms with van der Waals surface area (Å²) in [6.45, 7) is 10.8. The first-order valence-corrected chi connectivity index (χ1v) is 8.85. The van der Waals surface area contributed by atoms with Gasteiger partial charge >= 0.3 is 0 Å². The lowest BCUT2D eigenvalue weighted by atomic mass is 9.87. The van der Waals surface area contributed by atoms with Gasteiger partial charge in [-0.3, -0.25) is 4.99 Å². The molecule has 0 radical (unpaired) electrons. The average Bonchev–Trinajstić information content (AvgIpc) is 2.86. The van der Waals surface area contributed by atoms with Crippen LogP contribution in [0.4, 0.5) is 10.1 Å². The lowest BCUT2D eigenvalue weighted by Crippen LogP contribution is -2.11. The van der Waals surface area contributed by atoms with Crippen molar-refractivity contribution < 1.29 is 4.39 Å². The van der Waals surface area contributed by atoms with E-state index >= 15 is 0 Å². The summed E-state index contributed by atoms with van der Waals surface area (Å²) in [5.41, 5.74) is 6.51. The molecule has 0 bridgehead atoms. The average molecular weight is 348 g/mol. The molecule has 0 fully saturated rings. The monoisotopic (exact) mass is 348 g/mol. The standard InChI is InChI=1S/C23H25FN2/c1-16-13-18(15-25-21-8-6-7-20(24)14-21)17(2)26(16)22-11-9-19(10-12-22)23(3,4)5/h6-15H,1-5H3. The molecule has 0 unspecified atom stereocenters. The molecule has 1 aromatic heterocycles. The van der Waals surface area contributed by atoms with Gasteiger partial charge in [-0.25, -0.2) is 4.39 Å². The van der Waals surface area contributed by atoms with Gasteiger partial charge in [0.2, 0.25) is 0 Å². The lowest BCUT2D eigenvalue weighted by Gasteiger charge is -2.20. The second-order valence-electron chi connectivity index (χ2n) is 7.70. The van der Waals surface area contributed by atoms with Gasteiger partial charge in [0.25, 0.3) is 0 Å². The van der Waals surface area contributed by atoms with E-state index in [0.717, 1.165) is 22.6 Å². The Hall–Kier alpha value is -2.68. The fourth-order valence-electron chi connectivity index (χ4n) is 3.13. The molecule has 1 heterocycles. The molecule has 26 heavy (non-hydrogen) atoms. The van der Waals surface area contributed by atoms with Gasteiger partial charge in [0.05, 0.1) is 5.69 Å². The number of nitrogens with zero attached hydrogens (tertiary/aromatic N) is 2. The number of aromatic nitrogens is 1. The van der Waals surface area contributed by atoms with E-state index < -0.39 is 0 Å². The number of hydrogen-bond donors (Lipinski definition) is 0. The summed E-state index contributed by atoms with van der Waals surface area (Å²) in [6, 6.07) is 17.1.